The van der Waals surface area contributed by atoms with Gasteiger partial charge in [0.15, 0.2) is 0 Å². The largest absolute Gasteiger partial charge is 0.368 e. The van der Waals surface area contributed by atoms with Gasteiger partial charge in [-0.1, -0.05) is 27.5 Å². The molecule has 0 radical (unpaired) electrons. The predicted molar refractivity (Wildman–Crippen MR) is 56.7 cm³/mol. The van der Waals surface area contributed by atoms with E-state index in [1.54, 1.807) is 0 Å². The van der Waals surface area contributed by atoms with Crippen LogP contribution in [0.5, 0.6) is 0 Å². The van der Waals surface area contributed by atoms with Crippen LogP contribution >= 0.6 is 27.5 Å². The van der Waals surface area contributed by atoms with Gasteiger partial charge in [0.25, 0.3) is 0 Å². The SMILES string of the molecule is Nc1nc(Cl)c2cc(Br)ccc2n1. The van der Waals surface area contributed by atoms with Crippen LogP contribution in [0, 0.1) is 0 Å². The van der Waals surface area contributed by atoms with Crippen molar-refractivity contribution < 1.29 is 0 Å². The van der Waals surface area contributed by atoms with E-state index < -0.39 is 0 Å². The Labute approximate surface area is 88.1 Å². The second-order valence-corrected chi connectivity index (χ2v) is 3.81. The zero-order chi connectivity index (χ0) is 9.42. The maximum atomic E-state index is 5.88. The monoisotopic (exact) mass is 257 g/mol. The van der Waals surface area contributed by atoms with Gasteiger partial charge in [-0.05, 0) is 18.2 Å². The Bertz CT molecular complexity index is 472. The van der Waals surface area contributed by atoms with Gasteiger partial charge in [0.1, 0.15) is 5.15 Å². The molecule has 3 nitrogen and oxygen atoms in total. The molecule has 0 fully saturated rings. The standard InChI is InChI=1S/C8H5BrClN3/c9-4-1-2-6-5(3-4)7(10)13-8(11)12-6/h1-3H,(H2,11,12,13). The van der Waals surface area contributed by atoms with Crippen LogP contribution in [-0.4, -0.2) is 9.97 Å². The van der Waals surface area contributed by atoms with E-state index in [0.717, 1.165) is 15.4 Å². The van der Waals surface area contributed by atoms with Crippen molar-refractivity contribution in [3.05, 3.63) is 27.8 Å². The first-order chi connectivity index (χ1) is 6.16. The first-order valence-corrected chi connectivity index (χ1v) is 4.72. The number of hydrogen-bond donors (Lipinski definition) is 1. The fourth-order valence-corrected chi connectivity index (χ4v) is 1.68. The number of anilines is 1. The van der Waals surface area contributed by atoms with Crippen LogP contribution < -0.4 is 5.73 Å². The van der Waals surface area contributed by atoms with Crippen LogP contribution in [0.1, 0.15) is 0 Å². The number of aromatic nitrogens is 2. The van der Waals surface area contributed by atoms with Gasteiger partial charge in [-0.25, -0.2) is 9.97 Å². The highest BCUT2D eigenvalue weighted by Crippen LogP contribution is 2.24. The predicted octanol–water partition coefficient (Wildman–Crippen LogP) is 2.63. The molecule has 13 heavy (non-hydrogen) atoms. The number of nitrogen functional groups attached to an aromatic ring is 1. The summed E-state index contributed by atoms with van der Waals surface area (Å²) in [6.45, 7) is 0. The van der Waals surface area contributed by atoms with Crippen molar-refractivity contribution in [2.75, 3.05) is 5.73 Å². The van der Waals surface area contributed by atoms with E-state index in [4.69, 9.17) is 17.3 Å². The van der Waals surface area contributed by atoms with Crippen molar-refractivity contribution in [2.45, 2.75) is 0 Å². The van der Waals surface area contributed by atoms with Gasteiger partial charge in [0.2, 0.25) is 5.95 Å². The summed E-state index contributed by atoms with van der Waals surface area (Å²) in [7, 11) is 0. The molecule has 1 heterocycles. The second kappa shape index (κ2) is 3.12. The van der Waals surface area contributed by atoms with E-state index in [-0.39, 0.29) is 5.95 Å². The molecule has 0 saturated heterocycles. The van der Waals surface area contributed by atoms with Crippen molar-refractivity contribution in [1.29, 1.82) is 0 Å². The van der Waals surface area contributed by atoms with E-state index in [0.29, 0.717) is 5.15 Å². The Morgan fingerprint density at radius 2 is 2.08 bits per heavy atom. The summed E-state index contributed by atoms with van der Waals surface area (Å²) < 4.78 is 0.940. The molecule has 0 spiro atoms. The van der Waals surface area contributed by atoms with Gasteiger partial charge < -0.3 is 5.73 Å². The topological polar surface area (TPSA) is 51.8 Å². The summed E-state index contributed by atoms with van der Waals surface area (Å²) in [5.41, 5.74) is 6.20. The van der Waals surface area contributed by atoms with Gasteiger partial charge in [-0.3, -0.25) is 0 Å². The molecule has 0 unspecified atom stereocenters. The summed E-state index contributed by atoms with van der Waals surface area (Å²) in [5, 5.41) is 1.18. The normalized spacial score (nSPS) is 10.6. The zero-order valence-electron chi connectivity index (χ0n) is 6.46. The molecule has 0 saturated carbocycles. The summed E-state index contributed by atoms with van der Waals surface area (Å²) in [6, 6.07) is 5.57. The average Bonchev–Trinajstić information content (AvgIpc) is 2.06. The van der Waals surface area contributed by atoms with Gasteiger partial charge in [0.05, 0.1) is 5.52 Å². The third kappa shape index (κ3) is 1.59. The minimum absolute atomic E-state index is 0.194. The lowest BCUT2D eigenvalue weighted by atomic mass is 10.2. The Morgan fingerprint density at radius 1 is 1.31 bits per heavy atom. The molecule has 0 aliphatic rings. The first-order valence-electron chi connectivity index (χ1n) is 3.55. The Kier molecular flexibility index (Phi) is 2.09. The lowest BCUT2D eigenvalue weighted by Crippen LogP contribution is -1.95. The number of rotatable bonds is 0. The minimum Gasteiger partial charge on any atom is -0.368 e. The fraction of sp³-hybridized carbons (Fsp3) is 0. The van der Waals surface area contributed by atoms with Crippen LogP contribution in [0.4, 0.5) is 5.95 Å². The van der Waals surface area contributed by atoms with Crippen LogP contribution in [0.2, 0.25) is 5.15 Å². The Morgan fingerprint density at radius 3 is 2.85 bits per heavy atom. The smallest absolute Gasteiger partial charge is 0.222 e. The zero-order valence-corrected chi connectivity index (χ0v) is 8.80. The third-order valence-corrected chi connectivity index (χ3v) is 2.41. The van der Waals surface area contributed by atoms with Gasteiger partial charge >= 0.3 is 0 Å². The van der Waals surface area contributed by atoms with E-state index >= 15 is 0 Å². The number of nitrogens with zero attached hydrogens (tertiary/aromatic N) is 2. The van der Waals surface area contributed by atoms with Crippen molar-refractivity contribution >= 4 is 44.4 Å². The van der Waals surface area contributed by atoms with Gasteiger partial charge in [-0.15, -0.1) is 0 Å². The third-order valence-electron chi connectivity index (χ3n) is 1.63. The number of nitrogens with two attached hydrogens (primary N) is 1. The first kappa shape index (κ1) is 8.72. The molecular formula is C8H5BrClN3. The summed E-state index contributed by atoms with van der Waals surface area (Å²) in [4.78, 5) is 7.89. The number of hydrogen-bond acceptors (Lipinski definition) is 3. The fourth-order valence-electron chi connectivity index (χ4n) is 1.08. The lowest BCUT2D eigenvalue weighted by Gasteiger charge is -2.00. The Hall–Kier alpha value is -0.870. The van der Waals surface area contributed by atoms with Crippen LogP contribution in [0.15, 0.2) is 22.7 Å². The summed E-state index contributed by atoms with van der Waals surface area (Å²) in [6.07, 6.45) is 0. The van der Waals surface area contributed by atoms with Crippen LogP contribution in [-0.2, 0) is 0 Å². The maximum absolute atomic E-state index is 5.88. The highest BCUT2D eigenvalue weighted by molar-refractivity contribution is 9.10. The minimum atomic E-state index is 0.194. The van der Waals surface area contributed by atoms with E-state index in [2.05, 4.69) is 25.9 Å². The van der Waals surface area contributed by atoms with E-state index in [1.807, 2.05) is 18.2 Å². The summed E-state index contributed by atoms with van der Waals surface area (Å²) >= 11 is 9.22. The molecule has 5 heteroatoms. The molecule has 2 N–H and O–H groups in total. The van der Waals surface area contributed by atoms with Gasteiger partial charge in [0, 0.05) is 9.86 Å². The number of benzene rings is 1. The number of halogens is 2. The van der Waals surface area contributed by atoms with Crippen molar-refractivity contribution in [3.63, 3.8) is 0 Å². The number of fused-ring (bicyclic) bond motifs is 1. The van der Waals surface area contributed by atoms with E-state index in [1.165, 1.54) is 0 Å². The molecule has 0 aliphatic carbocycles. The quantitative estimate of drug-likeness (QED) is 0.739. The molecule has 2 aromatic rings. The van der Waals surface area contributed by atoms with Gasteiger partial charge in [-0.2, -0.15) is 0 Å². The van der Waals surface area contributed by atoms with E-state index in [9.17, 15) is 0 Å². The highest BCUT2D eigenvalue weighted by atomic mass is 79.9. The molecule has 0 amide bonds. The Balaban J connectivity index is 2.87. The molecule has 66 valence electrons. The lowest BCUT2D eigenvalue weighted by molar-refractivity contribution is 1.24. The van der Waals surface area contributed by atoms with Crippen molar-refractivity contribution in [2.24, 2.45) is 0 Å². The molecular weight excluding hydrogens is 253 g/mol. The molecule has 2 rings (SSSR count). The summed E-state index contributed by atoms with van der Waals surface area (Å²) in [5.74, 6) is 0.194. The molecule has 1 aromatic heterocycles. The van der Waals surface area contributed by atoms with Crippen molar-refractivity contribution in [3.8, 4) is 0 Å². The van der Waals surface area contributed by atoms with Crippen molar-refractivity contribution in [1.82, 2.24) is 9.97 Å². The molecule has 1 aromatic carbocycles. The molecule has 0 bridgehead atoms. The molecule has 0 aliphatic heterocycles. The maximum Gasteiger partial charge on any atom is 0.222 e. The van der Waals surface area contributed by atoms with Crippen LogP contribution in [0.3, 0.4) is 0 Å². The van der Waals surface area contributed by atoms with Crippen LogP contribution in [0.25, 0.3) is 10.9 Å². The average molecular weight is 259 g/mol. The molecule has 0 atom stereocenters. The second-order valence-electron chi connectivity index (χ2n) is 2.53. The highest BCUT2D eigenvalue weighted by Gasteiger charge is 2.03.